The highest BCUT2D eigenvalue weighted by Gasteiger charge is 2.01. The molecule has 0 amide bonds. The summed E-state index contributed by atoms with van der Waals surface area (Å²) in [6.07, 6.45) is 1.67. The van der Waals surface area contributed by atoms with Gasteiger partial charge in [0.05, 0.1) is 16.8 Å². The van der Waals surface area contributed by atoms with Crippen LogP contribution in [0.5, 0.6) is 0 Å². The van der Waals surface area contributed by atoms with Crippen LogP contribution in [0, 0.1) is 6.92 Å². The summed E-state index contributed by atoms with van der Waals surface area (Å²) in [7, 11) is 0. The van der Waals surface area contributed by atoms with E-state index >= 15 is 0 Å². The number of nitrogens with zero attached hydrogens (tertiary/aromatic N) is 2. The molecule has 0 spiro atoms. The normalized spacial score (nSPS) is 10.7. The summed E-state index contributed by atoms with van der Waals surface area (Å²) in [5.41, 5.74) is 10.9. The molecule has 0 unspecified atom stereocenters. The quantitative estimate of drug-likeness (QED) is 0.513. The second-order valence-electron chi connectivity index (χ2n) is 3.69. The molecule has 4 nitrogen and oxygen atoms in total. The first-order chi connectivity index (χ1) is 8.65. The number of hydrogen-bond acceptors (Lipinski definition) is 4. The van der Waals surface area contributed by atoms with Gasteiger partial charge in [-0.25, -0.2) is 0 Å². The Bertz CT molecular complexity index is 572. The number of nitrogens with two attached hydrogens (primary N) is 1. The Morgan fingerprint density at radius 1 is 1.44 bits per heavy atom. The minimum atomic E-state index is 0.156. The summed E-state index contributed by atoms with van der Waals surface area (Å²) in [6, 6.07) is 10.1. The Kier molecular flexibility index (Phi) is 4.01. The van der Waals surface area contributed by atoms with Crippen molar-refractivity contribution in [1.82, 2.24) is 9.80 Å². The first-order valence-corrected chi connectivity index (χ1v) is 6.45. The van der Waals surface area contributed by atoms with Crippen molar-refractivity contribution in [3.8, 4) is 10.4 Å². The number of benzene rings is 1. The predicted molar refractivity (Wildman–Crippen MR) is 79.8 cm³/mol. The highest BCUT2D eigenvalue weighted by atomic mass is 32.1. The molecule has 0 aliphatic heterocycles. The standard InChI is InChI=1S/C12H12N4S2/c1-8-6-11(18-16-8)10-4-2-9(3-5-10)7-14-15-12(13)17/h2-7H,1H3,(H3,13,15,17). The summed E-state index contributed by atoms with van der Waals surface area (Å²) < 4.78 is 4.26. The van der Waals surface area contributed by atoms with Crippen molar-refractivity contribution < 1.29 is 0 Å². The van der Waals surface area contributed by atoms with E-state index in [0.29, 0.717) is 0 Å². The van der Waals surface area contributed by atoms with E-state index in [1.54, 1.807) is 6.21 Å². The van der Waals surface area contributed by atoms with Gasteiger partial charge in [-0.15, -0.1) is 0 Å². The minimum absolute atomic E-state index is 0.156. The molecule has 1 aromatic carbocycles. The zero-order valence-electron chi connectivity index (χ0n) is 9.75. The number of aryl methyl sites for hydroxylation is 1. The number of rotatable bonds is 3. The molecule has 0 atom stereocenters. The van der Waals surface area contributed by atoms with Crippen LogP contribution in [0.1, 0.15) is 11.3 Å². The van der Waals surface area contributed by atoms with Gasteiger partial charge in [-0.05, 0) is 47.9 Å². The van der Waals surface area contributed by atoms with Gasteiger partial charge in [0.15, 0.2) is 5.11 Å². The van der Waals surface area contributed by atoms with E-state index in [1.807, 2.05) is 31.2 Å². The highest BCUT2D eigenvalue weighted by Crippen LogP contribution is 2.24. The summed E-state index contributed by atoms with van der Waals surface area (Å²) in [5.74, 6) is 0. The molecule has 2 aromatic rings. The van der Waals surface area contributed by atoms with Gasteiger partial charge in [0.2, 0.25) is 0 Å². The molecule has 0 aliphatic rings. The van der Waals surface area contributed by atoms with Crippen molar-refractivity contribution in [2.75, 3.05) is 0 Å². The largest absolute Gasteiger partial charge is 0.375 e. The zero-order chi connectivity index (χ0) is 13.0. The molecular weight excluding hydrogens is 264 g/mol. The third-order valence-electron chi connectivity index (χ3n) is 2.21. The molecule has 1 heterocycles. The van der Waals surface area contributed by atoms with Gasteiger partial charge in [-0.2, -0.15) is 9.47 Å². The molecule has 0 fully saturated rings. The topological polar surface area (TPSA) is 63.3 Å². The number of hydrogen-bond donors (Lipinski definition) is 2. The van der Waals surface area contributed by atoms with Crippen LogP contribution in [-0.4, -0.2) is 15.7 Å². The van der Waals surface area contributed by atoms with Gasteiger partial charge in [-0.1, -0.05) is 24.3 Å². The average molecular weight is 276 g/mol. The first kappa shape index (κ1) is 12.7. The molecule has 18 heavy (non-hydrogen) atoms. The maximum atomic E-state index is 5.26. The van der Waals surface area contributed by atoms with Gasteiger partial charge in [-0.3, -0.25) is 5.43 Å². The summed E-state index contributed by atoms with van der Waals surface area (Å²) in [5, 5.41) is 4.05. The van der Waals surface area contributed by atoms with Crippen molar-refractivity contribution >= 4 is 35.1 Å². The van der Waals surface area contributed by atoms with Crippen LogP contribution in [0.4, 0.5) is 0 Å². The van der Waals surface area contributed by atoms with Crippen LogP contribution in [0.2, 0.25) is 0 Å². The van der Waals surface area contributed by atoms with Crippen LogP contribution < -0.4 is 11.2 Å². The van der Waals surface area contributed by atoms with Crippen molar-refractivity contribution in [3.63, 3.8) is 0 Å². The fourth-order valence-corrected chi connectivity index (χ4v) is 2.22. The van der Waals surface area contributed by atoms with E-state index in [2.05, 4.69) is 33.2 Å². The van der Waals surface area contributed by atoms with E-state index in [-0.39, 0.29) is 5.11 Å². The van der Waals surface area contributed by atoms with E-state index in [1.165, 1.54) is 11.5 Å². The maximum absolute atomic E-state index is 5.26. The minimum Gasteiger partial charge on any atom is -0.375 e. The molecule has 0 radical (unpaired) electrons. The molecular formula is C12H12N4S2. The molecule has 0 bridgehead atoms. The molecule has 1 aromatic heterocycles. The maximum Gasteiger partial charge on any atom is 0.184 e. The van der Waals surface area contributed by atoms with E-state index in [0.717, 1.165) is 21.7 Å². The van der Waals surface area contributed by atoms with Crippen LogP contribution in [0.3, 0.4) is 0 Å². The number of nitrogens with one attached hydrogen (secondary N) is 1. The lowest BCUT2D eigenvalue weighted by Crippen LogP contribution is -2.23. The molecule has 92 valence electrons. The number of aromatic nitrogens is 1. The number of thiocarbonyl (C=S) groups is 1. The number of hydrazone groups is 1. The predicted octanol–water partition coefficient (Wildman–Crippen LogP) is 2.29. The average Bonchev–Trinajstić information content (AvgIpc) is 2.76. The van der Waals surface area contributed by atoms with E-state index in [4.69, 9.17) is 5.73 Å². The lowest BCUT2D eigenvalue weighted by Gasteiger charge is -1.98. The molecule has 6 heteroatoms. The van der Waals surface area contributed by atoms with Gasteiger partial charge < -0.3 is 5.73 Å². The second kappa shape index (κ2) is 5.70. The fourth-order valence-electron chi connectivity index (χ4n) is 1.40. The van der Waals surface area contributed by atoms with Crippen LogP contribution in [-0.2, 0) is 0 Å². The third kappa shape index (κ3) is 3.35. The Morgan fingerprint density at radius 2 is 2.17 bits per heavy atom. The Hall–Kier alpha value is -1.79. The van der Waals surface area contributed by atoms with Crippen molar-refractivity contribution in [2.45, 2.75) is 6.92 Å². The summed E-state index contributed by atoms with van der Waals surface area (Å²) in [4.78, 5) is 1.16. The molecule has 0 saturated heterocycles. The molecule has 0 aliphatic carbocycles. The van der Waals surface area contributed by atoms with Gasteiger partial charge >= 0.3 is 0 Å². The highest BCUT2D eigenvalue weighted by molar-refractivity contribution is 7.80. The van der Waals surface area contributed by atoms with Crippen molar-refractivity contribution in [1.29, 1.82) is 0 Å². The molecule has 0 saturated carbocycles. The Labute approximate surface area is 115 Å². The monoisotopic (exact) mass is 276 g/mol. The Morgan fingerprint density at radius 3 is 2.72 bits per heavy atom. The molecule has 3 N–H and O–H groups in total. The second-order valence-corrected chi connectivity index (χ2v) is 4.93. The van der Waals surface area contributed by atoms with Crippen molar-refractivity contribution in [3.05, 3.63) is 41.6 Å². The van der Waals surface area contributed by atoms with E-state index in [9.17, 15) is 0 Å². The van der Waals surface area contributed by atoms with Gasteiger partial charge in [0, 0.05) is 0 Å². The van der Waals surface area contributed by atoms with Crippen LogP contribution in [0.15, 0.2) is 35.4 Å². The van der Waals surface area contributed by atoms with Crippen LogP contribution in [0.25, 0.3) is 10.4 Å². The molecule has 2 rings (SSSR count). The fraction of sp³-hybridized carbons (Fsp3) is 0.0833. The lowest BCUT2D eigenvalue weighted by molar-refractivity contribution is 1.04. The SMILES string of the molecule is Cc1cc(-c2ccc(C=NNC(N)=S)cc2)sn1. The van der Waals surface area contributed by atoms with Crippen LogP contribution >= 0.6 is 23.8 Å². The lowest BCUT2D eigenvalue weighted by atomic mass is 10.1. The first-order valence-electron chi connectivity index (χ1n) is 5.27. The summed E-state index contributed by atoms with van der Waals surface area (Å²) >= 11 is 6.15. The zero-order valence-corrected chi connectivity index (χ0v) is 11.4. The smallest absolute Gasteiger partial charge is 0.184 e. The van der Waals surface area contributed by atoms with Gasteiger partial charge in [0.25, 0.3) is 0 Å². The van der Waals surface area contributed by atoms with E-state index < -0.39 is 0 Å². The summed E-state index contributed by atoms with van der Waals surface area (Å²) in [6.45, 7) is 1.99. The van der Waals surface area contributed by atoms with Crippen molar-refractivity contribution in [2.24, 2.45) is 10.8 Å². The van der Waals surface area contributed by atoms with Gasteiger partial charge in [0.1, 0.15) is 0 Å². The Balaban J connectivity index is 2.10. The third-order valence-corrected chi connectivity index (χ3v) is 3.23.